The number of carbonyl (C=O) groups excluding carboxylic acids is 1. The Hall–Kier alpha value is -1.26. The van der Waals surface area contributed by atoms with Crippen molar-refractivity contribution in [3.05, 3.63) is 29.3 Å². The zero-order valence-corrected chi connectivity index (χ0v) is 9.88. The number of nitrogens with one attached hydrogen (secondary N) is 2. The van der Waals surface area contributed by atoms with E-state index in [2.05, 4.69) is 10.6 Å². The highest BCUT2D eigenvalue weighted by atomic mass is 35.5. The van der Waals surface area contributed by atoms with Gasteiger partial charge in [-0.2, -0.15) is 0 Å². The molecular formula is C11H15ClN2O2. The Morgan fingerprint density at radius 1 is 1.50 bits per heavy atom. The molecule has 0 aromatic heterocycles. The number of hydrogen-bond donors (Lipinski definition) is 2. The van der Waals surface area contributed by atoms with Crippen molar-refractivity contribution in [1.29, 1.82) is 0 Å². The highest BCUT2D eigenvalue weighted by Crippen LogP contribution is 2.14. The highest BCUT2D eigenvalue weighted by Gasteiger charge is 2.02. The first-order valence-electron chi connectivity index (χ1n) is 5.12. The lowest BCUT2D eigenvalue weighted by molar-refractivity contribution is 0.162. The van der Waals surface area contributed by atoms with Crippen molar-refractivity contribution in [2.24, 2.45) is 0 Å². The summed E-state index contributed by atoms with van der Waals surface area (Å²) in [7, 11) is 0. The maximum absolute atomic E-state index is 11.3. The maximum Gasteiger partial charge on any atom is 0.411 e. The van der Waals surface area contributed by atoms with E-state index in [4.69, 9.17) is 16.3 Å². The number of benzene rings is 1. The van der Waals surface area contributed by atoms with Gasteiger partial charge in [0.25, 0.3) is 0 Å². The molecule has 0 saturated carbocycles. The molecule has 1 aromatic carbocycles. The number of anilines is 1. The van der Waals surface area contributed by atoms with Crippen LogP contribution in [0.1, 0.15) is 6.92 Å². The van der Waals surface area contributed by atoms with Crippen molar-refractivity contribution in [2.45, 2.75) is 6.92 Å². The van der Waals surface area contributed by atoms with Crippen LogP contribution in [0, 0.1) is 0 Å². The summed E-state index contributed by atoms with van der Waals surface area (Å²) in [6, 6.07) is 6.91. The van der Waals surface area contributed by atoms with E-state index >= 15 is 0 Å². The minimum atomic E-state index is -0.472. The first-order valence-corrected chi connectivity index (χ1v) is 5.50. The SMILES string of the molecule is CCNCCOC(=O)Nc1cccc(Cl)c1. The van der Waals surface area contributed by atoms with Gasteiger partial charge in [-0.1, -0.05) is 24.6 Å². The molecule has 1 rings (SSSR count). The number of halogens is 1. The molecule has 1 aromatic rings. The van der Waals surface area contributed by atoms with E-state index in [0.29, 0.717) is 23.9 Å². The molecule has 2 N–H and O–H groups in total. The molecule has 0 saturated heterocycles. The molecule has 0 unspecified atom stereocenters. The summed E-state index contributed by atoms with van der Waals surface area (Å²) in [5, 5.41) is 6.21. The predicted octanol–water partition coefficient (Wildman–Crippen LogP) is 2.50. The van der Waals surface area contributed by atoms with Crippen LogP contribution in [0.4, 0.5) is 10.5 Å². The minimum absolute atomic E-state index is 0.347. The zero-order valence-electron chi connectivity index (χ0n) is 9.13. The van der Waals surface area contributed by atoms with Crippen LogP contribution < -0.4 is 10.6 Å². The molecule has 0 aliphatic carbocycles. The van der Waals surface area contributed by atoms with Gasteiger partial charge < -0.3 is 10.1 Å². The summed E-state index contributed by atoms with van der Waals surface area (Å²) in [5.41, 5.74) is 0.626. The van der Waals surface area contributed by atoms with Gasteiger partial charge in [-0.15, -0.1) is 0 Å². The fraction of sp³-hybridized carbons (Fsp3) is 0.364. The largest absolute Gasteiger partial charge is 0.448 e. The third-order valence-electron chi connectivity index (χ3n) is 1.83. The van der Waals surface area contributed by atoms with Crippen molar-refractivity contribution >= 4 is 23.4 Å². The Bertz CT molecular complexity index is 345. The summed E-state index contributed by atoms with van der Waals surface area (Å²) >= 11 is 5.77. The molecule has 0 fully saturated rings. The van der Waals surface area contributed by atoms with Gasteiger partial charge in [0.15, 0.2) is 0 Å². The number of likely N-dealkylation sites (N-methyl/N-ethyl adjacent to an activating group) is 1. The van der Waals surface area contributed by atoms with Gasteiger partial charge in [0.1, 0.15) is 6.61 Å². The van der Waals surface area contributed by atoms with Crippen LogP contribution in [-0.4, -0.2) is 25.8 Å². The van der Waals surface area contributed by atoms with E-state index in [9.17, 15) is 4.79 Å². The number of hydrogen-bond acceptors (Lipinski definition) is 3. The number of carbonyl (C=O) groups is 1. The van der Waals surface area contributed by atoms with Crippen LogP contribution in [0.25, 0.3) is 0 Å². The van der Waals surface area contributed by atoms with Gasteiger partial charge in [-0.3, -0.25) is 5.32 Å². The highest BCUT2D eigenvalue weighted by molar-refractivity contribution is 6.30. The Labute approximate surface area is 99.9 Å². The fourth-order valence-electron chi connectivity index (χ4n) is 1.11. The van der Waals surface area contributed by atoms with Crippen LogP contribution in [0.5, 0.6) is 0 Å². The molecule has 0 aliphatic rings. The van der Waals surface area contributed by atoms with E-state index in [1.54, 1.807) is 24.3 Å². The lowest BCUT2D eigenvalue weighted by Crippen LogP contribution is -2.23. The Morgan fingerprint density at radius 3 is 3.00 bits per heavy atom. The summed E-state index contributed by atoms with van der Waals surface area (Å²) < 4.78 is 4.93. The minimum Gasteiger partial charge on any atom is -0.448 e. The quantitative estimate of drug-likeness (QED) is 0.780. The van der Waals surface area contributed by atoms with Crippen molar-refractivity contribution in [3.63, 3.8) is 0 Å². The maximum atomic E-state index is 11.3. The molecule has 5 heteroatoms. The number of rotatable bonds is 5. The normalized spacial score (nSPS) is 9.88. The summed E-state index contributed by atoms with van der Waals surface area (Å²) in [5.74, 6) is 0. The van der Waals surface area contributed by atoms with Gasteiger partial charge in [0.2, 0.25) is 0 Å². The third kappa shape index (κ3) is 5.00. The van der Waals surface area contributed by atoms with E-state index in [-0.39, 0.29) is 0 Å². The average Bonchev–Trinajstić information content (AvgIpc) is 2.24. The lowest BCUT2D eigenvalue weighted by Gasteiger charge is -2.07. The van der Waals surface area contributed by atoms with Crippen LogP contribution in [0.2, 0.25) is 5.02 Å². The second-order valence-corrected chi connectivity index (χ2v) is 3.56. The van der Waals surface area contributed by atoms with Gasteiger partial charge >= 0.3 is 6.09 Å². The molecule has 0 bridgehead atoms. The molecule has 88 valence electrons. The second-order valence-electron chi connectivity index (χ2n) is 3.12. The van der Waals surface area contributed by atoms with E-state index in [1.807, 2.05) is 6.92 Å². The molecule has 0 heterocycles. The standard InChI is InChI=1S/C11H15ClN2O2/c1-2-13-6-7-16-11(15)14-10-5-3-4-9(12)8-10/h3-5,8,13H,2,6-7H2,1H3,(H,14,15). The van der Waals surface area contributed by atoms with E-state index < -0.39 is 6.09 Å². The monoisotopic (exact) mass is 242 g/mol. The van der Waals surface area contributed by atoms with Crippen LogP contribution in [0.15, 0.2) is 24.3 Å². The van der Waals surface area contributed by atoms with Gasteiger partial charge in [-0.05, 0) is 24.7 Å². The molecule has 0 aliphatic heterocycles. The zero-order chi connectivity index (χ0) is 11.8. The lowest BCUT2D eigenvalue weighted by atomic mass is 10.3. The Kier molecular flexibility index (Phi) is 5.67. The summed E-state index contributed by atoms with van der Waals surface area (Å²) in [4.78, 5) is 11.3. The molecule has 0 atom stereocenters. The Morgan fingerprint density at radius 2 is 2.31 bits per heavy atom. The van der Waals surface area contributed by atoms with E-state index in [1.165, 1.54) is 0 Å². The van der Waals surface area contributed by atoms with Crippen molar-refractivity contribution < 1.29 is 9.53 Å². The molecular weight excluding hydrogens is 228 g/mol. The van der Waals surface area contributed by atoms with Crippen LogP contribution in [-0.2, 0) is 4.74 Å². The fourth-order valence-corrected chi connectivity index (χ4v) is 1.30. The number of ether oxygens (including phenoxy) is 1. The van der Waals surface area contributed by atoms with Crippen LogP contribution in [0.3, 0.4) is 0 Å². The molecule has 16 heavy (non-hydrogen) atoms. The van der Waals surface area contributed by atoms with Crippen LogP contribution >= 0.6 is 11.6 Å². The van der Waals surface area contributed by atoms with Gasteiger partial charge in [0, 0.05) is 17.3 Å². The summed E-state index contributed by atoms with van der Waals surface area (Å²) in [6.07, 6.45) is -0.472. The smallest absolute Gasteiger partial charge is 0.411 e. The number of amides is 1. The van der Waals surface area contributed by atoms with Gasteiger partial charge in [-0.25, -0.2) is 4.79 Å². The van der Waals surface area contributed by atoms with Crippen molar-refractivity contribution in [2.75, 3.05) is 25.0 Å². The first kappa shape index (κ1) is 12.8. The predicted molar refractivity (Wildman–Crippen MR) is 65.0 cm³/mol. The van der Waals surface area contributed by atoms with E-state index in [0.717, 1.165) is 6.54 Å². The van der Waals surface area contributed by atoms with Crippen molar-refractivity contribution in [1.82, 2.24) is 5.32 Å². The topological polar surface area (TPSA) is 50.4 Å². The average molecular weight is 243 g/mol. The molecule has 4 nitrogen and oxygen atoms in total. The second kappa shape index (κ2) is 7.09. The summed E-state index contributed by atoms with van der Waals surface area (Å²) in [6.45, 7) is 3.85. The van der Waals surface area contributed by atoms with Crippen molar-refractivity contribution in [3.8, 4) is 0 Å². The molecule has 1 amide bonds. The molecule has 0 spiro atoms. The van der Waals surface area contributed by atoms with Gasteiger partial charge in [0.05, 0.1) is 0 Å². The Balaban J connectivity index is 2.29. The first-order chi connectivity index (χ1) is 7.72. The third-order valence-corrected chi connectivity index (χ3v) is 2.07. The molecule has 0 radical (unpaired) electrons.